The maximum Gasteiger partial charge on any atom is 0.255 e. The number of hydrogen-bond donors (Lipinski definition) is 1. The van der Waals surface area contributed by atoms with Crippen LogP contribution in [0, 0.1) is 6.92 Å². The zero-order chi connectivity index (χ0) is 15.1. The molecule has 1 aromatic heterocycles. The van der Waals surface area contributed by atoms with Crippen LogP contribution in [0.5, 0.6) is 0 Å². The molecule has 0 bridgehead atoms. The smallest absolute Gasteiger partial charge is 0.255 e. The molecule has 0 saturated carbocycles. The van der Waals surface area contributed by atoms with Gasteiger partial charge in [0.25, 0.3) is 5.91 Å². The zero-order valence-electron chi connectivity index (χ0n) is 12.3. The standard InChI is InChI=1S/C17H21N3O/c1-14-8-9-16(12-19-14)17(21)20(11-5-10-18)13-15-6-3-2-4-7-15/h2-4,6-9,12H,5,10-11,13,18H2,1H3. The van der Waals surface area contributed by atoms with Gasteiger partial charge in [0, 0.05) is 25.0 Å². The normalized spacial score (nSPS) is 10.4. The number of nitrogens with zero attached hydrogens (tertiary/aromatic N) is 2. The summed E-state index contributed by atoms with van der Waals surface area (Å²) in [6.45, 7) is 3.72. The Labute approximate surface area is 125 Å². The highest BCUT2D eigenvalue weighted by Crippen LogP contribution is 2.10. The third-order valence-electron chi connectivity index (χ3n) is 3.29. The van der Waals surface area contributed by atoms with Gasteiger partial charge >= 0.3 is 0 Å². The molecule has 21 heavy (non-hydrogen) atoms. The molecule has 4 nitrogen and oxygen atoms in total. The van der Waals surface area contributed by atoms with Gasteiger partial charge in [-0.2, -0.15) is 0 Å². The number of benzene rings is 1. The average molecular weight is 283 g/mol. The summed E-state index contributed by atoms with van der Waals surface area (Å²) in [5.74, 6) is -0.000182. The van der Waals surface area contributed by atoms with E-state index in [9.17, 15) is 4.79 Å². The Hall–Kier alpha value is -2.20. The highest BCUT2D eigenvalue weighted by molar-refractivity contribution is 5.93. The molecule has 0 spiro atoms. The van der Waals surface area contributed by atoms with Crippen LogP contribution in [0.2, 0.25) is 0 Å². The molecule has 0 atom stereocenters. The lowest BCUT2D eigenvalue weighted by atomic mass is 10.1. The van der Waals surface area contributed by atoms with Gasteiger partial charge in [0.15, 0.2) is 0 Å². The number of pyridine rings is 1. The molecule has 0 fully saturated rings. The third kappa shape index (κ3) is 4.39. The number of carbonyl (C=O) groups is 1. The van der Waals surface area contributed by atoms with Gasteiger partial charge in [-0.3, -0.25) is 9.78 Å². The van der Waals surface area contributed by atoms with Gasteiger partial charge in [0.2, 0.25) is 0 Å². The van der Waals surface area contributed by atoms with Gasteiger partial charge in [-0.1, -0.05) is 30.3 Å². The highest BCUT2D eigenvalue weighted by Gasteiger charge is 2.15. The fourth-order valence-corrected chi connectivity index (χ4v) is 2.12. The minimum absolute atomic E-state index is 0.000182. The quantitative estimate of drug-likeness (QED) is 0.885. The van der Waals surface area contributed by atoms with Crippen molar-refractivity contribution in [2.75, 3.05) is 13.1 Å². The van der Waals surface area contributed by atoms with Crippen LogP contribution in [0.1, 0.15) is 28.0 Å². The Bertz CT molecular complexity index is 566. The fourth-order valence-electron chi connectivity index (χ4n) is 2.12. The second-order valence-corrected chi connectivity index (χ2v) is 5.04. The van der Waals surface area contributed by atoms with Crippen molar-refractivity contribution in [3.05, 3.63) is 65.5 Å². The van der Waals surface area contributed by atoms with Crippen molar-refractivity contribution in [1.29, 1.82) is 0 Å². The lowest BCUT2D eigenvalue weighted by Gasteiger charge is -2.22. The van der Waals surface area contributed by atoms with Crippen molar-refractivity contribution in [3.63, 3.8) is 0 Å². The number of aromatic nitrogens is 1. The first kappa shape index (κ1) is 15.2. The third-order valence-corrected chi connectivity index (χ3v) is 3.29. The molecular weight excluding hydrogens is 262 g/mol. The number of carbonyl (C=O) groups excluding carboxylic acids is 1. The van der Waals surface area contributed by atoms with Crippen LogP contribution < -0.4 is 5.73 Å². The second kappa shape index (κ2) is 7.55. The molecule has 2 N–H and O–H groups in total. The zero-order valence-corrected chi connectivity index (χ0v) is 12.3. The van der Waals surface area contributed by atoms with E-state index in [1.165, 1.54) is 0 Å². The highest BCUT2D eigenvalue weighted by atomic mass is 16.2. The molecule has 4 heteroatoms. The van der Waals surface area contributed by atoms with Crippen LogP contribution in [-0.2, 0) is 6.54 Å². The topological polar surface area (TPSA) is 59.2 Å². The van der Waals surface area contributed by atoms with Gasteiger partial charge in [-0.05, 0) is 37.6 Å². The second-order valence-electron chi connectivity index (χ2n) is 5.04. The van der Waals surface area contributed by atoms with Crippen molar-refractivity contribution in [1.82, 2.24) is 9.88 Å². The first-order valence-electron chi connectivity index (χ1n) is 7.16. The van der Waals surface area contributed by atoms with Crippen molar-refractivity contribution < 1.29 is 4.79 Å². The number of amides is 1. The molecule has 0 aliphatic rings. The number of nitrogens with two attached hydrogens (primary N) is 1. The molecule has 0 aliphatic heterocycles. The molecule has 0 radical (unpaired) electrons. The summed E-state index contributed by atoms with van der Waals surface area (Å²) >= 11 is 0. The number of hydrogen-bond acceptors (Lipinski definition) is 3. The lowest BCUT2D eigenvalue weighted by molar-refractivity contribution is 0.0742. The summed E-state index contributed by atoms with van der Waals surface area (Å²) < 4.78 is 0. The van der Waals surface area contributed by atoms with Crippen LogP contribution >= 0.6 is 0 Å². The van der Waals surface area contributed by atoms with E-state index in [1.54, 1.807) is 6.20 Å². The SMILES string of the molecule is Cc1ccc(C(=O)N(CCCN)Cc2ccccc2)cn1. The first-order chi connectivity index (χ1) is 10.2. The van der Waals surface area contributed by atoms with Gasteiger partial charge in [-0.25, -0.2) is 0 Å². The lowest BCUT2D eigenvalue weighted by Crippen LogP contribution is -2.32. The Morgan fingerprint density at radius 1 is 1.19 bits per heavy atom. The maximum absolute atomic E-state index is 12.6. The molecule has 1 heterocycles. The molecule has 0 saturated heterocycles. The van der Waals surface area contributed by atoms with Crippen LogP contribution in [0.25, 0.3) is 0 Å². The van der Waals surface area contributed by atoms with E-state index in [1.807, 2.05) is 54.3 Å². The van der Waals surface area contributed by atoms with E-state index in [0.29, 0.717) is 25.2 Å². The minimum Gasteiger partial charge on any atom is -0.334 e. The summed E-state index contributed by atoms with van der Waals surface area (Å²) in [4.78, 5) is 18.6. The Morgan fingerprint density at radius 2 is 1.95 bits per heavy atom. The summed E-state index contributed by atoms with van der Waals surface area (Å²) in [5.41, 5.74) is 8.22. The molecule has 110 valence electrons. The molecule has 1 aromatic carbocycles. The van der Waals surface area contributed by atoms with Crippen molar-refractivity contribution in [3.8, 4) is 0 Å². The van der Waals surface area contributed by atoms with Gasteiger partial charge < -0.3 is 10.6 Å². The molecule has 2 rings (SSSR count). The molecule has 1 amide bonds. The van der Waals surface area contributed by atoms with Gasteiger partial charge in [0.1, 0.15) is 0 Å². The fraction of sp³-hybridized carbons (Fsp3) is 0.294. The van der Waals surface area contributed by atoms with E-state index in [2.05, 4.69) is 4.98 Å². The monoisotopic (exact) mass is 283 g/mol. The van der Waals surface area contributed by atoms with E-state index in [0.717, 1.165) is 17.7 Å². The molecular formula is C17H21N3O. The molecule has 0 aliphatic carbocycles. The Balaban J connectivity index is 2.14. The first-order valence-corrected chi connectivity index (χ1v) is 7.16. The summed E-state index contributed by atoms with van der Waals surface area (Å²) in [7, 11) is 0. The van der Waals surface area contributed by atoms with Crippen LogP contribution in [0.3, 0.4) is 0 Å². The minimum atomic E-state index is -0.000182. The number of rotatable bonds is 6. The summed E-state index contributed by atoms with van der Waals surface area (Å²) in [6, 6.07) is 13.7. The van der Waals surface area contributed by atoms with Crippen LogP contribution in [0.15, 0.2) is 48.7 Å². The molecule has 2 aromatic rings. The van der Waals surface area contributed by atoms with E-state index in [-0.39, 0.29) is 5.91 Å². The van der Waals surface area contributed by atoms with E-state index >= 15 is 0 Å². The largest absolute Gasteiger partial charge is 0.334 e. The Kier molecular flexibility index (Phi) is 5.46. The predicted molar refractivity (Wildman–Crippen MR) is 83.8 cm³/mol. The van der Waals surface area contributed by atoms with E-state index in [4.69, 9.17) is 5.73 Å². The van der Waals surface area contributed by atoms with Gasteiger partial charge in [0.05, 0.1) is 5.56 Å². The van der Waals surface area contributed by atoms with Crippen LogP contribution in [-0.4, -0.2) is 28.9 Å². The summed E-state index contributed by atoms with van der Waals surface area (Å²) in [6.07, 6.45) is 2.43. The van der Waals surface area contributed by atoms with Crippen molar-refractivity contribution in [2.45, 2.75) is 19.9 Å². The average Bonchev–Trinajstić information content (AvgIpc) is 2.52. The maximum atomic E-state index is 12.6. The van der Waals surface area contributed by atoms with Crippen molar-refractivity contribution >= 4 is 5.91 Å². The summed E-state index contributed by atoms with van der Waals surface area (Å²) in [5, 5.41) is 0. The van der Waals surface area contributed by atoms with Gasteiger partial charge in [-0.15, -0.1) is 0 Å². The van der Waals surface area contributed by atoms with Crippen molar-refractivity contribution in [2.24, 2.45) is 5.73 Å². The Morgan fingerprint density at radius 3 is 2.57 bits per heavy atom. The van der Waals surface area contributed by atoms with E-state index < -0.39 is 0 Å². The predicted octanol–water partition coefficient (Wildman–Crippen LogP) is 2.38. The number of aryl methyl sites for hydroxylation is 1. The molecule has 0 unspecified atom stereocenters. The van der Waals surface area contributed by atoms with Crippen LogP contribution in [0.4, 0.5) is 0 Å².